The van der Waals surface area contributed by atoms with Crippen molar-refractivity contribution in [2.75, 3.05) is 0 Å². The minimum Gasteiger partial charge on any atom is -0.340 e. The Balaban J connectivity index is 1.63. The quantitative estimate of drug-likeness (QED) is 0.338. The van der Waals surface area contributed by atoms with E-state index in [1.807, 2.05) is 43.3 Å². The number of nitrogens with one attached hydrogen (secondary N) is 2. The first kappa shape index (κ1) is 19.6. The van der Waals surface area contributed by atoms with E-state index in [-0.39, 0.29) is 5.82 Å². The normalized spacial score (nSPS) is 11.8. The zero-order valence-corrected chi connectivity index (χ0v) is 17.4. The number of nitrogens with zero attached hydrogens (tertiary/aromatic N) is 3. The molecule has 32 heavy (non-hydrogen) atoms. The summed E-state index contributed by atoms with van der Waals surface area (Å²) in [4.78, 5) is 12.6. The minimum atomic E-state index is -0.310. The molecule has 0 aliphatic rings. The molecule has 0 saturated carbocycles. The van der Waals surface area contributed by atoms with E-state index >= 15 is 0 Å². The highest BCUT2D eigenvalue weighted by atomic mass is 19.1. The number of fused-ring (bicyclic) bond motifs is 1. The third-order valence-corrected chi connectivity index (χ3v) is 5.34. The van der Waals surface area contributed by atoms with Crippen molar-refractivity contribution in [3.05, 3.63) is 108 Å². The van der Waals surface area contributed by atoms with Gasteiger partial charge in [0.2, 0.25) is 0 Å². The number of hydrogen-bond donors (Lipinski definition) is 2. The molecule has 6 heteroatoms. The highest BCUT2D eigenvalue weighted by Crippen LogP contribution is 2.32. The SMILES string of the molecule is C=C/C=C(/c1ccccc1F)c1nc(-c2n[nH]c3ccc(-c4ccccn4)cc23)[nH]c1C. The first-order chi connectivity index (χ1) is 15.7. The number of aromatic amines is 2. The van der Waals surface area contributed by atoms with Gasteiger partial charge in [-0.3, -0.25) is 10.1 Å². The van der Waals surface area contributed by atoms with Crippen molar-refractivity contribution in [1.82, 2.24) is 25.1 Å². The maximum Gasteiger partial charge on any atom is 0.159 e. The summed E-state index contributed by atoms with van der Waals surface area (Å²) in [5, 5.41) is 8.49. The van der Waals surface area contributed by atoms with Crippen LogP contribution in [0.2, 0.25) is 0 Å². The average Bonchev–Trinajstić information content (AvgIpc) is 3.41. The lowest BCUT2D eigenvalue weighted by atomic mass is 10.0. The van der Waals surface area contributed by atoms with Gasteiger partial charge < -0.3 is 4.98 Å². The number of allylic oxidation sites excluding steroid dienone is 2. The Labute approximate surface area is 184 Å². The summed E-state index contributed by atoms with van der Waals surface area (Å²) in [6, 6.07) is 18.5. The first-order valence-corrected chi connectivity index (χ1v) is 10.2. The van der Waals surface area contributed by atoms with E-state index in [4.69, 9.17) is 4.98 Å². The molecule has 0 radical (unpaired) electrons. The van der Waals surface area contributed by atoms with Gasteiger partial charge in [0.1, 0.15) is 11.5 Å². The van der Waals surface area contributed by atoms with Crippen LogP contribution in [0.1, 0.15) is 17.0 Å². The molecule has 2 N–H and O–H groups in total. The Morgan fingerprint density at radius 2 is 1.91 bits per heavy atom. The number of H-pyrrole nitrogens is 2. The van der Waals surface area contributed by atoms with Crippen LogP contribution in [0.5, 0.6) is 0 Å². The van der Waals surface area contributed by atoms with Gasteiger partial charge in [0, 0.05) is 34.0 Å². The van der Waals surface area contributed by atoms with Gasteiger partial charge in [-0.1, -0.05) is 49.1 Å². The largest absolute Gasteiger partial charge is 0.340 e. The van der Waals surface area contributed by atoms with Crippen molar-refractivity contribution in [3.63, 3.8) is 0 Å². The Hall–Kier alpha value is -4.32. The molecule has 3 aromatic heterocycles. The molecular formula is C26H20FN5. The molecule has 0 atom stereocenters. The Morgan fingerprint density at radius 1 is 1.06 bits per heavy atom. The molecule has 5 aromatic rings. The third kappa shape index (κ3) is 3.41. The number of aromatic nitrogens is 5. The summed E-state index contributed by atoms with van der Waals surface area (Å²) in [5.74, 6) is 0.294. The predicted molar refractivity (Wildman–Crippen MR) is 125 cm³/mol. The van der Waals surface area contributed by atoms with Gasteiger partial charge in [0.25, 0.3) is 0 Å². The van der Waals surface area contributed by atoms with Gasteiger partial charge in [-0.15, -0.1) is 0 Å². The maximum absolute atomic E-state index is 14.5. The molecule has 2 aromatic carbocycles. The van der Waals surface area contributed by atoms with Crippen LogP contribution in [-0.4, -0.2) is 25.1 Å². The van der Waals surface area contributed by atoms with Crippen molar-refractivity contribution in [2.24, 2.45) is 0 Å². The highest BCUT2D eigenvalue weighted by Gasteiger charge is 2.19. The number of pyridine rings is 1. The van der Waals surface area contributed by atoms with Crippen LogP contribution in [0, 0.1) is 12.7 Å². The molecule has 5 rings (SSSR count). The number of aryl methyl sites for hydroxylation is 1. The second kappa shape index (κ2) is 8.07. The summed E-state index contributed by atoms with van der Waals surface area (Å²) in [6.45, 7) is 5.70. The molecule has 0 aliphatic heterocycles. The van der Waals surface area contributed by atoms with Crippen molar-refractivity contribution < 1.29 is 4.39 Å². The van der Waals surface area contributed by atoms with E-state index in [9.17, 15) is 4.39 Å². The smallest absolute Gasteiger partial charge is 0.159 e. The summed E-state index contributed by atoms with van der Waals surface area (Å²) in [7, 11) is 0. The number of imidazole rings is 1. The molecule has 0 amide bonds. The van der Waals surface area contributed by atoms with E-state index in [2.05, 4.69) is 26.7 Å². The van der Waals surface area contributed by atoms with Crippen molar-refractivity contribution in [2.45, 2.75) is 6.92 Å². The zero-order chi connectivity index (χ0) is 22.1. The number of benzene rings is 2. The standard InChI is InChI=1S/C26H20FN5/c1-3-8-19(18-9-4-5-10-21(18)27)24-16(2)29-26(30-24)25-20-15-17(12-13-23(20)31-32-25)22-11-6-7-14-28-22/h3-15H,1H2,2H3,(H,29,30)(H,31,32)/b19-8-. The van der Waals surface area contributed by atoms with Gasteiger partial charge in [0.05, 0.1) is 16.9 Å². The van der Waals surface area contributed by atoms with Crippen molar-refractivity contribution >= 4 is 16.5 Å². The van der Waals surface area contributed by atoms with Crippen molar-refractivity contribution in [3.8, 4) is 22.8 Å². The molecule has 0 fully saturated rings. The molecular weight excluding hydrogens is 401 g/mol. The fourth-order valence-corrected chi connectivity index (χ4v) is 3.82. The summed E-state index contributed by atoms with van der Waals surface area (Å²) in [5.41, 5.74) is 6.06. The molecule has 0 saturated heterocycles. The van der Waals surface area contributed by atoms with Gasteiger partial charge in [-0.05, 0) is 37.3 Å². The molecule has 0 unspecified atom stereocenters. The van der Waals surface area contributed by atoms with E-state index in [1.54, 1.807) is 36.5 Å². The molecule has 156 valence electrons. The van der Waals surface area contributed by atoms with Crippen LogP contribution in [0.25, 0.3) is 39.3 Å². The second-order valence-corrected chi connectivity index (χ2v) is 7.40. The van der Waals surface area contributed by atoms with Crippen molar-refractivity contribution in [1.29, 1.82) is 0 Å². The van der Waals surface area contributed by atoms with Gasteiger partial charge >= 0.3 is 0 Å². The predicted octanol–water partition coefficient (Wildman–Crippen LogP) is 6.08. The molecule has 3 heterocycles. The summed E-state index contributed by atoms with van der Waals surface area (Å²) < 4.78 is 14.5. The number of halogens is 1. The van der Waals surface area contributed by atoms with Crippen LogP contribution in [0.15, 0.2) is 85.6 Å². The van der Waals surface area contributed by atoms with Gasteiger partial charge in [-0.25, -0.2) is 9.37 Å². The summed E-state index contributed by atoms with van der Waals surface area (Å²) in [6.07, 6.45) is 5.18. The molecule has 0 spiro atoms. The topological polar surface area (TPSA) is 70.2 Å². The Kier molecular flexibility index (Phi) is 4.95. The lowest BCUT2D eigenvalue weighted by Gasteiger charge is -2.07. The van der Waals surface area contributed by atoms with E-state index in [1.165, 1.54) is 6.07 Å². The van der Waals surface area contributed by atoms with Gasteiger partial charge in [-0.2, -0.15) is 5.10 Å². The minimum absolute atomic E-state index is 0.310. The first-order valence-electron chi connectivity index (χ1n) is 10.2. The molecule has 0 aliphatic carbocycles. The average molecular weight is 421 g/mol. The number of hydrogen-bond acceptors (Lipinski definition) is 3. The Bertz CT molecular complexity index is 1460. The maximum atomic E-state index is 14.5. The Morgan fingerprint density at radius 3 is 2.69 bits per heavy atom. The molecule has 5 nitrogen and oxygen atoms in total. The highest BCUT2D eigenvalue weighted by molar-refractivity contribution is 5.94. The van der Waals surface area contributed by atoms with Crippen LogP contribution >= 0.6 is 0 Å². The fraction of sp³-hybridized carbons (Fsp3) is 0.0385. The fourth-order valence-electron chi connectivity index (χ4n) is 3.82. The lowest BCUT2D eigenvalue weighted by Crippen LogP contribution is -1.94. The van der Waals surface area contributed by atoms with E-state index in [0.717, 1.165) is 27.9 Å². The summed E-state index contributed by atoms with van der Waals surface area (Å²) >= 11 is 0. The van der Waals surface area contributed by atoms with Crippen LogP contribution in [0.3, 0.4) is 0 Å². The van der Waals surface area contributed by atoms with Gasteiger partial charge in [0.15, 0.2) is 5.82 Å². The zero-order valence-electron chi connectivity index (χ0n) is 17.4. The third-order valence-electron chi connectivity index (χ3n) is 5.34. The lowest BCUT2D eigenvalue weighted by molar-refractivity contribution is 0.624. The second-order valence-electron chi connectivity index (χ2n) is 7.40. The van der Waals surface area contributed by atoms with E-state index in [0.29, 0.717) is 28.3 Å². The monoisotopic (exact) mass is 421 g/mol. The number of rotatable bonds is 5. The van der Waals surface area contributed by atoms with Crippen LogP contribution < -0.4 is 0 Å². The molecule has 0 bridgehead atoms. The van der Waals surface area contributed by atoms with Crippen LogP contribution in [0.4, 0.5) is 4.39 Å². The van der Waals surface area contributed by atoms with Crippen LogP contribution in [-0.2, 0) is 0 Å². The van der Waals surface area contributed by atoms with E-state index < -0.39 is 0 Å².